The van der Waals surface area contributed by atoms with E-state index in [0.29, 0.717) is 16.6 Å². The zero-order valence-corrected chi connectivity index (χ0v) is 13.8. The number of fused-ring (bicyclic) bond motifs is 3. The average Bonchev–Trinajstić information content (AvgIpc) is 2.66. The summed E-state index contributed by atoms with van der Waals surface area (Å²) >= 11 is 0. The molecule has 0 saturated carbocycles. The van der Waals surface area contributed by atoms with Crippen molar-refractivity contribution in [3.8, 4) is 16.9 Å². The van der Waals surface area contributed by atoms with E-state index in [1.165, 1.54) is 0 Å². The highest BCUT2D eigenvalue weighted by atomic mass is 16.3. The molecule has 3 heteroatoms. The van der Waals surface area contributed by atoms with Crippen molar-refractivity contribution in [1.29, 1.82) is 0 Å². The van der Waals surface area contributed by atoms with Crippen molar-refractivity contribution in [2.75, 3.05) is 0 Å². The zero-order chi connectivity index (χ0) is 17.7. The second-order valence-corrected chi connectivity index (χ2v) is 6.35. The summed E-state index contributed by atoms with van der Waals surface area (Å²) in [5.41, 5.74) is 3.31. The Bertz CT molecular complexity index is 1350. The third-order valence-electron chi connectivity index (χ3n) is 4.73. The van der Waals surface area contributed by atoms with Gasteiger partial charge in [-0.3, -0.25) is 4.79 Å². The van der Waals surface area contributed by atoms with Gasteiger partial charge < -0.3 is 9.52 Å². The van der Waals surface area contributed by atoms with E-state index < -0.39 is 0 Å². The van der Waals surface area contributed by atoms with Gasteiger partial charge in [-0.2, -0.15) is 0 Å². The van der Waals surface area contributed by atoms with Crippen molar-refractivity contribution in [2.24, 2.45) is 0 Å². The number of hydrogen-bond donors (Lipinski definition) is 1. The fraction of sp³-hybridized carbons (Fsp3) is 0. The summed E-state index contributed by atoms with van der Waals surface area (Å²) in [6.45, 7) is 0. The van der Waals surface area contributed by atoms with Crippen LogP contribution in [0.15, 0.2) is 88.1 Å². The minimum Gasteiger partial charge on any atom is -0.508 e. The van der Waals surface area contributed by atoms with E-state index >= 15 is 0 Å². The lowest BCUT2D eigenvalue weighted by Crippen LogP contribution is -1.98. The second-order valence-electron chi connectivity index (χ2n) is 6.35. The van der Waals surface area contributed by atoms with Crippen molar-refractivity contribution in [3.05, 3.63) is 89.1 Å². The molecule has 0 bridgehead atoms. The van der Waals surface area contributed by atoms with E-state index in [9.17, 15) is 9.90 Å². The summed E-state index contributed by atoms with van der Waals surface area (Å²) in [5, 5.41) is 13.2. The van der Waals surface area contributed by atoms with Gasteiger partial charge in [-0.1, -0.05) is 42.5 Å². The van der Waals surface area contributed by atoms with E-state index in [2.05, 4.69) is 0 Å². The van der Waals surface area contributed by atoms with E-state index in [1.807, 2.05) is 54.6 Å². The first-order chi connectivity index (χ1) is 12.7. The first kappa shape index (κ1) is 14.7. The minimum atomic E-state index is -0.00536. The van der Waals surface area contributed by atoms with Gasteiger partial charge in [0.25, 0.3) is 0 Å². The van der Waals surface area contributed by atoms with Crippen LogP contribution in [0.4, 0.5) is 0 Å². The van der Waals surface area contributed by atoms with Crippen LogP contribution in [-0.4, -0.2) is 5.11 Å². The number of phenols is 1. The summed E-state index contributed by atoms with van der Waals surface area (Å²) in [5.74, 6) is 0.155. The molecule has 0 aliphatic carbocycles. The first-order valence-electron chi connectivity index (χ1n) is 8.38. The molecule has 3 nitrogen and oxygen atoms in total. The van der Waals surface area contributed by atoms with Crippen molar-refractivity contribution in [2.45, 2.75) is 0 Å². The van der Waals surface area contributed by atoms with Crippen molar-refractivity contribution < 1.29 is 9.52 Å². The van der Waals surface area contributed by atoms with Gasteiger partial charge in [0.2, 0.25) is 0 Å². The van der Waals surface area contributed by atoms with E-state index in [1.54, 1.807) is 24.3 Å². The van der Waals surface area contributed by atoms with Crippen LogP contribution in [0.1, 0.15) is 0 Å². The lowest BCUT2D eigenvalue weighted by molar-refractivity contribution is 0.474. The van der Waals surface area contributed by atoms with Gasteiger partial charge >= 0.3 is 0 Å². The molecule has 0 fully saturated rings. The van der Waals surface area contributed by atoms with Crippen molar-refractivity contribution in [3.63, 3.8) is 0 Å². The Labute approximate surface area is 148 Å². The predicted octanol–water partition coefficient (Wildman–Crippen LogP) is 5.47. The van der Waals surface area contributed by atoms with Gasteiger partial charge in [0.1, 0.15) is 16.9 Å². The van der Waals surface area contributed by atoms with Gasteiger partial charge in [-0.25, -0.2) is 0 Å². The Balaban J connectivity index is 2.04. The molecule has 5 aromatic rings. The quantitative estimate of drug-likeness (QED) is 0.412. The molecule has 0 saturated heterocycles. The summed E-state index contributed by atoms with van der Waals surface area (Å²) in [4.78, 5) is 12.3. The molecule has 5 rings (SSSR count). The molecule has 1 aromatic heterocycles. The third kappa shape index (κ3) is 2.18. The maximum absolute atomic E-state index is 12.3. The molecule has 26 heavy (non-hydrogen) atoms. The maximum Gasteiger partial charge on any atom is 0.186 e. The summed E-state index contributed by atoms with van der Waals surface area (Å²) < 4.78 is 6.08. The maximum atomic E-state index is 12.3. The molecule has 0 atom stereocenters. The molecule has 0 spiro atoms. The number of aromatic hydroxyl groups is 1. The number of hydrogen-bond acceptors (Lipinski definition) is 3. The highest BCUT2D eigenvalue weighted by Gasteiger charge is 2.14. The van der Waals surface area contributed by atoms with Gasteiger partial charge in [0.15, 0.2) is 5.43 Å². The fourth-order valence-corrected chi connectivity index (χ4v) is 3.54. The second kappa shape index (κ2) is 5.46. The molecule has 0 aliphatic rings. The molecule has 0 unspecified atom stereocenters. The van der Waals surface area contributed by atoms with Gasteiger partial charge in [-0.05, 0) is 41.3 Å². The van der Waals surface area contributed by atoms with Crippen LogP contribution in [0.2, 0.25) is 0 Å². The standard InChI is InChI=1S/C23H14O3/c24-16-9-10-17-22(12-16)26-21-11-15-7-4-8-20(25)18(15)13-19(21)23(17)14-5-2-1-3-6-14/h1-13,24H. The Morgan fingerprint density at radius 1 is 0.692 bits per heavy atom. The summed E-state index contributed by atoms with van der Waals surface area (Å²) in [6, 6.07) is 24.2. The largest absolute Gasteiger partial charge is 0.508 e. The average molecular weight is 338 g/mol. The summed E-state index contributed by atoms with van der Waals surface area (Å²) in [7, 11) is 0. The van der Waals surface area contributed by atoms with Crippen LogP contribution in [0, 0.1) is 0 Å². The molecule has 0 aliphatic heterocycles. The monoisotopic (exact) mass is 338 g/mol. The smallest absolute Gasteiger partial charge is 0.186 e. The first-order valence-corrected chi connectivity index (χ1v) is 8.38. The van der Waals surface area contributed by atoms with Crippen LogP contribution >= 0.6 is 0 Å². The molecule has 4 aromatic carbocycles. The lowest BCUT2D eigenvalue weighted by Gasteiger charge is -2.12. The molecule has 0 amide bonds. The molecular weight excluding hydrogens is 324 g/mol. The van der Waals surface area contributed by atoms with E-state index in [0.717, 1.165) is 27.3 Å². The zero-order valence-electron chi connectivity index (χ0n) is 13.8. The highest BCUT2D eigenvalue weighted by Crippen LogP contribution is 2.38. The Morgan fingerprint density at radius 2 is 1.50 bits per heavy atom. The van der Waals surface area contributed by atoms with Crippen LogP contribution in [0.5, 0.6) is 5.75 Å². The third-order valence-corrected chi connectivity index (χ3v) is 4.73. The molecular formula is C23H14O3. The predicted molar refractivity (Wildman–Crippen MR) is 105 cm³/mol. The highest BCUT2D eigenvalue weighted by molar-refractivity contribution is 6.11. The van der Waals surface area contributed by atoms with Gasteiger partial charge in [0, 0.05) is 27.8 Å². The Hall–Kier alpha value is -3.59. The van der Waals surface area contributed by atoms with Crippen molar-refractivity contribution in [1.82, 2.24) is 0 Å². The Kier molecular flexibility index (Phi) is 3.09. The fourth-order valence-electron chi connectivity index (χ4n) is 3.54. The SMILES string of the molecule is O=c1cccc2cc3oc4cc(O)ccc4c(-c4ccccc4)c3cc12. The van der Waals surface area contributed by atoms with Crippen LogP contribution in [0.25, 0.3) is 43.8 Å². The summed E-state index contributed by atoms with van der Waals surface area (Å²) in [6.07, 6.45) is 0. The number of rotatable bonds is 1. The topological polar surface area (TPSA) is 50.4 Å². The minimum absolute atomic E-state index is 0.00536. The van der Waals surface area contributed by atoms with Crippen LogP contribution in [-0.2, 0) is 0 Å². The van der Waals surface area contributed by atoms with Crippen LogP contribution < -0.4 is 5.43 Å². The van der Waals surface area contributed by atoms with Gasteiger partial charge in [-0.15, -0.1) is 0 Å². The lowest BCUT2D eigenvalue weighted by atomic mass is 9.95. The number of phenolic OH excluding ortho intramolecular Hbond substituents is 1. The molecule has 1 heterocycles. The number of benzene rings is 4. The van der Waals surface area contributed by atoms with Crippen LogP contribution in [0.3, 0.4) is 0 Å². The van der Waals surface area contributed by atoms with E-state index in [-0.39, 0.29) is 11.2 Å². The molecule has 124 valence electrons. The normalized spacial score (nSPS) is 11.4. The van der Waals surface area contributed by atoms with E-state index in [4.69, 9.17) is 4.42 Å². The molecule has 1 N–H and O–H groups in total. The molecule has 0 radical (unpaired) electrons. The van der Waals surface area contributed by atoms with Crippen molar-refractivity contribution >= 4 is 32.7 Å². The van der Waals surface area contributed by atoms with Gasteiger partial charge in [0.05, 0.1) is 0 Å². The Morgan fingerprint density at radius 3 is 2.35 bits per heavy atom.